The van der Waals surface area contributed by atoms with Crippen LogP contribution in [0.1, 0.15) is 26.3 Å². The number of carbonyl (C=O) groups is 3. The number of hydrogen-bond donors (Lipinski definition) is 2. The van der Waals surface area contributed by atoms with Crippen LogP contribution >= 0.6 is 0 Å². The van der Waals surface area contributed by atoms with Gasteiger partial charge in [0.2, 0.25) is 5.91 Å². The summed E-state index contributed by atoms with van der Waals surface area (Å²) in [5, 5.41) is 5.31. The number of ether oxygens (including phenoxy) is 1. The fourth-order valence-electron chi connectivity index (χ4n) is 2.19. The number of ketones is 1. The maximum atomic E-state index is 12.3. The van der Waals surface area contributed by atoms with Crippen LogP contribution in [0.5, 0.6) is 0 Å². The summed E-state index contributed by atoms with van der Waals surface area (Å²) in [7, 11) is 1.44. The highest BCUT2D eigenvalue weighted by molar-refractivity contribution is 6.09. The number of carbonyl (C=O) groups excluding carboxylic acids is 3. The monoisotopic (exact) mass is 340 g/mol. The number of benzene rings is 2. The highest BCUT2D eigenvalue weighted by Crippen LogP contribution is 2.11. The van der Waals surface area contributed by atoms with Crippen LogP contribution in [-0.2, 0) is 9.53 Å². The largest absolute Gasteiger partial charge is 0.375 e. The van der Waals surface area contributed by atoms with Crippen molar-refractivity contribution >= 4 is 17.6 Å². The molecule has 0 saturated heterocycles. The van der Waals surface area contributed by atoms with Crippen LogP contribution in [0.4, 0.5) is 0 Å². The Balaban J connectivity index is 1.86. The van der Waals surface area contributed by atoms with E-state index in [-0.39, 0.29) is 24.2 Å². The highest BCUT2D eigenvalue weighted by atomic mass is 16.5. The molecule has 0 heterocycles. The molecule has 0 aliphatic rings. The topological polar surface area (TPSA) is 84.5 Å². The Morgan fingerprint density at radius 3 is 2.00 bits per heavy atom. The Bertz CT molecular complexity index is 727. The fourth-order valence-corrected chi connectivity index (χ4v) is 2.19. The van der Waals surface area contributed by atoms with E-state index < -0.39 is 0 Å². The second-order valence-corrected chi connectivity index (χ2v) is 5.31. The number of amides is 2. The molecule has 0 unspecified atom stereocenters. The molecule has 0 aliphatic heterocycles. The summed E-state index contributed by atoms with van der Waals surface area (Å²) in [6.07, 6.45) is 0. The summed E-state index contributed by atoms with van der Waals surface area (Å²) >= 11 is 0. The predicted molar refractivity (Wildman–Crippen MR) is 93.5 cm³/mol. The third-order valence-corrected chi connectivity index (χ3v) is 3.45. The molecule has 6 heteroatoms. The van der Waals surface area contributed by atoms with E-state index in [1.165, 1.54) is 7.11 Å². The van der Waals surface area contributed by atoms with Gasteiger partial charge in [-0.2, -0.15) is 0 Å². The van der Waals surface area contributed by atoms with Gasteiger partial charge < -0.3 is 15.4 Å². The zero-order valence-corrected chi connectivity index (χ0v) is 14.0. The zero-order chi connectivity index (χ0) is 18.1. The first kappa shape index (κ1) is 18.4. The number of methoxy groups -OCH3 is 1. The van der Waals surface area contributed by atoms with Gasteiger partial charge in [-0.25, -0.2) is 0 Å². The van der Waals surface area contributed by atoms with Gasteiger partial charge in [-0.3, -0.25) is 14.4 Å². The molecule has 0 fully saturated rings. The van der Waals surface area contributed by atoms with Gasteiger partial charge in [-0.15, -0.1) is 0 Å². The first-order chi connectivity index (χ1) is 12.1. The van der Waals surface area contributed by atoms with Crippen LogP contribution in [-0.4, -0.2) is 44.4 Å². The number of nitrogens with one attached hydrogen (secondary N) is 2. The molecule has 2 aromatic carbocycles. The molecule has 0 radical (unpaired) electrons. The predicted octanol–water partition coefficient (Wildman–Crippen LogP) is 1.41. The molecule has 0 aromatic heterocycles. The summed E-state index contributed by atoms with van der Waals surface area (Å²) in [6.45, 7) is 0.613. The van der Waals surface area contributed by atoms with Crippen molar-refractivity contribution in [3.8, 4) is 0 Å². The molecule has 2 N–H and O–H groups in total. The molecule has 0 aliphatic carbocycles. The summed E-state index contributed by atoms with van der Waals surface area (Å²) in [5.74, 6) is -0.589. The van der Waals surface area contributed by atoms with E-state index in [0.717, 1.165) is 0 Å². The third kappa shape index (κ3) is 5.54. The Hall–Kier alpha value is -2.99. The minimum atomic E-state index is -0.264. The lowest BCUT2D eigenvalue weighted by atomic mass is 10.0. The van der Waals surface area contributed by atoms with Gasteiger partial charge in [0, 0.05) is 36.9 Å². The second kappa shape index (κ2) is 9.34. The van der Waals surface area contributed by atoms with E-state index in [0.29, 0.717) is 29.8 Å². The Morgan fingerprint density at radius 1 is 0.800 bits per heavy atom. The Kier molecular flexibility index (Phi) is 6.86. The molecule has 0 saturated carbocycles. The summed E-state index contributed by atoms with van der Waals surface area (Å²) in [6, 6.07) is 15.4. The van der Waals surface area contributed by atoms with Crippen molar-refractivity contribution in [1.82, 2.24) is 10.6 Å². The van der Waals surface area contributed by atoms with Crippen molar-refractivity contribution in [1.29, 1.82) is 0 Å². The van der Waals surface area contributed by atoms with Crippen molar-refractivity contribution in [2.24, 2.45) is 0 Å². The summed E-state index contributed by atoms with van der Waals surface area (Å²) < 4.78 is 4.69. The first-order valence-electron chi connectivity index (χ1n) is 7.85. The molecule has 2 aromatic rings. The van der Waals surface area contributed by atoms with Gasteiger partial charge in [0.15, 0.2) is 5.78 Å². The van der Waals surface area contributed by atoms with Gasteiger partial charge in [-0.05, 0) is 12.1 Å². The van der Waals surface area contributed by atoms with Crippen molar-refractivity contribution in [2.45, 2.75) is 0 Å². The van der Waals surface area contributed by atoms with E-state index in [1.54, 1.807) is 48.5 Å². The van der Waals surface area contributed by atoms with Crippen LogP contribution in [0.15, 0.2) is 54.6 Å². The smallest absolute Gasteiger partial charge is 0.251 e. The van der Waals surface area contributed by atoms with Gasteiger partial charge in [0.05, 0.1) is 0 Å². The maximum absolute atomic E-state index is 12.3. The summed E-state index contributed by atoms with van der Waals surface area (Å²) in [5.41, 5.74) is 1.58. The summed E-state index contributed by atoms with van der Waals surface area (Å²) in [4.78, 5) is 35.5. The number of hydrogen-bond acceptors (Lipinski definition) is 4. The normalized spacial score (nSPS) is 10.1. The molecule has 2 amide bonds. The lowest BCUT2D eigenvalue weighted by Gasteiger charge is -2.07. The lowest BCUT2D eigenvalue weighted by molar-refractivity contribution is -0.124. The van der Waals surface area contributed by atoms with E-state index in [2.05, 4.69) is 15.4 Å². The molecular formula is C19H20N2O4. The van der Waals surface area contributed by atoms with Crippen LogP contribution in [0, 0.1) is 0 Å². The van der Waals surface area contributed by atoms with Crippen molar-refractivity contribution in [3.63, 3.8) is 0 Å². The van der Waals surface area contributed by atoms with Gasteiger partial charge in [-0.1, -0.05) is 42.5 Å². The van der Waals surface area contributed by atoms with Gasteiger partial charge >= 0.3 is 0 Å². The lowest BCUT2D eigenvalue weighted by Crippen LogP contribution is -2.36. The molecule has 6 nitrogen and oxygen atoms in total. The van der Waals surface area contributed by atoms with Crippen LogP contribution in [0.25, 0.3) is 0 Å². The highest BCUT2D eigenvalue weighted by Gasteiger charge is 2.10. The van der Waals surface area contributed by atoms with E-state index in [4.69, 9.17) is 0 Å². The molecule has 0 bridgehead atoms. The number of rotatable bonds is 8. The van der Waals surface area contributed by atoms with Crippen molar-refractivity contribution in [3.05, 3.63) is 71.3 Å². The molecule has 0 spiro atoms. The quantitative estimate of drug-likeness (QED) is 0.562. The van der Waals surface area contributed by atoms with E-state index in [1.807, 2.05) is 6.07 Å². The average molecular weight is 340 g/mol. The van der Waals surface area contributed by atoms with Crippen LogP contribution < -0.4 is 10.6 Å². The molecule has 25 heavy (non-hydrogen) atoms. The zero-order valence-electron chi connectivity index (χ0n) is 14.0. The van der Waals surface area contributed by atoms with Crippen LogP contribution in [0.2, 0.25) is 0 Å². The first-order valence-corrected chi connectivity index (χ1v) is 7.85. The van der Waals surface area contributed by atoms with Crippen molar-refractivity contribution in [2.75, 3.05) is 26.8 Å². The van der Waals surface area contributed by atoms with E-state index >= 15 is 0 Å². The molecule has 0 atom stereocenters. The Morgan fingerprint density at radius 2 is 1.36 bits per heavy atom. The van der Waals surface area contributed by atoms with Gasteiger partial charge in [0.1, 0.15) is 6.61 Å². The van der Waals surface area contributed by atoms with Crippen LogP contribution in [0.3, 0.4) is 0 Å². The molecule has 130 valence electrons. The SMILES string of the molecule is COCC(=O)NCCNC(=O)c1ccc(C(=O)c2ccccc2)cc1. The minimum absolute atomic E-state index is 0.00908. The van der Waals surface area contributed by atoms with Gasteiger partial charge in [0.25, 0.3) is 5.91 Å². The fraction of sp³-hybridized carbons (Fsp3) is 0.211. The third-order valence-electron chi connectivity index (χ3n) is 3.45. The van der Waals surface area contributed by atoms with Crippen molar-refractivity contribution < 1.29 is 19.1 Å². The van der Waals surface area contributed by atoms with E-state index in [9.17, 15) is 14.4 Å². The second-order valence-electron chi connectivity index (χ2n) is 5.31. The molecule has 2 rings (SSSR count). The standard InChI is InChI=1S/C19H20N2O4/c1-25-13-17(22)20-11-12-21-19(24)16-9-7-15(8-10-16)18(23)14-5-3-2-4-6-14/h2-10H,11-13H2,1H3,(H,20,22)(H,21,24). The minimum Gasteiger partial charge on any atom is -0.375 e. The Labute approximate surface area is 146 Å². The molecular weight excluding hydrogens is 320 g/mol. The maximum Gasteiger partial charge on any atom is 0.251 e. The average Bonchev–Trinajstić information content (AvgIpc) is 2.65.